The predicted octanol–water partition coefficient (Wildman–Crippen LogP) is 3.87. The van der Waals surface area contributed by atoms with Crippen LogP contribution in [0.15, 0.2) is 54.6 Å². The van der Waals surface area contributed by atoms with Gasteiger partial charge in [-0.05, 0) is 53.4 Å². The third-order valence-corrected chi connectivity index (χ3v) is 7.25. The van der Waals surface area contributed by atoms with E-state index in [1.165, 1.54) is 7.11 Å². The summed E-state index contributed by atoms with van der Waals surface area (Å²) in [6, 6.07) is 16.5. The standard InChI is InChI=1S/C29H30N2O6/c1-34-19-9-10-23(35-2)18(13-19)16-30-28(32)26-21-14-24(36-3)25(37-4)15-22(21)29(33)31-12-11-17-7-5-6-8-20(17)27(26)31/h5-10,13-15,26-27H,11-12,16H2,1-4H3,(H,30,32)/t26-,27-/m0/s1. The number of fused-ring (bicyclic) bond motifs is 4. The molecule has 0 saturated carbocycles. The van der Waals surface area contributed by atoms with Gasteiger partial charge in [-0.1, -0.05) is 24.3 Å². The number of ether oxygens (including phenoxy) is 4. The first-order chi connectivity index (χ1) is 18.0. The zero-order chi connectivity index (χ0) is 26.1. The summed E-state index contributed by atoms with van der Waals surface area (Å²) in [5.41, 5.74) is 3.99. The quantitative estimate of drug-likeness (QED) is 0.528. The van der Waals surface area contributed by atoms with Crippen molar-refractivity contribution in [3.63, 3.8) is 0 Å². The second-order valence-corrected chi connectivity index (χ2v) is 9.06. The van der Waals surface area contributed by atoms with E-state index >= 15 is 0 Å². The highest BCUT2D eigenvalue weighted by atomic mass is 16.5. The molecule has 2 atom stereocenters. The van der Waals surface area contributed by atoms with Gasteiger partial charge in [0, 0.05) is 24.2 Å². The highest BCUT2D eigenvalue weighted by Crippen LogP contribution is 2.48. The van der Waals surface area contributed by atoms with Crippen LogP contribution in [0.1, 0.15) is 44.6 Å². The summed E-state index contributed by atoms with van der Waals surface area (Å²) in [4.78, 5) is 29.5. The molecule has 0 radical (unpaired) electrons. The molecule has 37 heavy (non-hydrogen) atoms. The average molecular weight is 503 g/mol. The van der Waals surface area contributed by atoms with Crippen molar-refractivity contribution in [2.75, 3.05) is 35.0 Å². The van der Waals surface area contributed by atoms with Gasteiger partial charge >= 0.3 is 0 Å². The van der Waals surface area contributed by atoms with Crippen molar-refractivity contribution in [3.05, 3.63) is 82.4 Å². The van der Waals surface area contributed by atoms with Crippen LogP contribution in [-0.4, -0.2) is 51.7 Å². The fourth-order valence-corrected chi connectivity index (χ4v) is 5.44. The summed E-state index contributed by atoms with van der Waals surface area (Å²) >= 11 is 0. The van der Waals surface area contributed by atoms with Crippen molar-refractivity contribution in [2.24, 2.45) is 0 Å². The van der Waals surface area contributed by atoms with Crippen LogP contribution < -0.4 is 24.3 Å². The van der Waals surface area contributed by atoms with Gasteiger partial charge in [0.1, 0.15) is 11.5 Å². The van der Waals surface area contributed by atoms with E-state index in [1.54, 1.807) is 33.5 Å². The number of nitrogens with zero attached hydrogens (tertiary/aromatic N) is 1. The molecule has 0 unspecified atom stereocenters. The number of methoxy groups -OCH3 is 4. The van der Waals surface area contributed by atoms with Crippen molar-refractivity contribution in [1.29, 1.82) is 0 Å². The van der Waals surface area contributed by atoms with Gasteiger partial charge in [-0.25, -0.2) is 0 Å². The van der Waals surface area contributed by atoms with Crippen LogP contribution >= 0.6 is 0 Å². The van der Waals surface area contributed by atoms with E-state index in [1.807, 2.05) is 41.3 Å². The molecule has 0 bridgehead atoms. The van der Waals surface area contributed by atoms with Crippen LogP contribution in [0, 0.1) is 0 Å². The first-order valence-corrected chi connectivity index (χ1v) is 12.1. The van der Waals surface area contributed by atoms with Crippen molar-refractivity contribution < 1.29 is 28.5 Å². The average Bonchev–Trinajstić information content (AvgIpc) is 2.95. The van der Waals surface area contributed by atoms with Crippen LogP contribution in [-0.2, 0) is 17.8 Å². The number of hydrogen-bond acceptors (Lipinski definition) is 6. The Labute approximate surface area is 216 Å². The molecule has 8 heteroatoms. The molecular formula is C29H30N2O6. The minimum atomic E-state index is -0.648. The summed E-state index contributed by atoms with van der Waals surface area (Å²) in [5, 5.41) is 3.10. The van der Waals surface area contributed by atoms with E-state index in [-0.39, 0.29) is 18.4 Å². The lowest BCUT2D eigenvalue weighted by atomic mass is 9.75. The summed E-state index contributed by atoms with van der Waals surface area (Å²) in [6.45, 7) is 0.766. The second-order valence-electron chi connectivity index (χ2n) is 9.06. The maximum atomic E-state index is 14.0. The number of hydrogen-bond donors (Lipinski definition) is 1. The molecule has 0 saturated heterocycles. The zero-order valence-electron chi connectivity index (χ0n) is 21.4. The Morgan fingerprint density at radius 2 is 1.62 bits per heavy atom. The van der Waals surface area contributed by atoms with Crippen LogP contribution in [0.2, 0.25) is 0 Å². The summed E-state index contributed by atoms with van der Waals surface area (Å²) in [7, 11) is 6.26. The molecule has 8 nitrogen and oxygen atoms in total. The molecule has 2 amide bonds. The molecule has 0 spiro atoms. The number of nitrogens with one attached hydrogen (secondary N) is 1. The lowest BCUT2D eigenvalue weighted by molar-refractivity contribution is -0.124. The second kappa shape index (κ2) is 10.0. The van der Waals surface area contributed by atoms with Crippen molar-refractivity contribution >= 4 is 11.8 Å². The molecule has 0 aromatic heterocycles. The number of rotatable bonds is 7. The Balaban J connectivity index is 1.59. The molecule has 3 aromatic carbocycles. The molecule has 0 aliphatic carbocycles. The SMILES string of the molecule is COc1ccc(OC)c(CNC(=O)[C@H]2c3cc(OC)c(OC)cc3C(=O)N3CCc4ccccc4[C@@H]23)c1. The van der Waals surface area contributed by atoms with E-state index in [9.17, 15) is 9.59 Å². The molecule has 3 aromatic rings. The highest BCUT2D eigenvalue weighted by molar-refractivity contribution is 6.02. The van der Waals surface area contributed by atoms with Gasteiger partial charge in [0.2, 0.25) is 5.91 Å². The largest absolute Gasteiger partial charge is 0.497 e. The molecular weight excluding hydrogens is 472 g/mol. The van der Waals surface area contributed by atoms with E-state index in [2.05, 4.69) is 11.4 Å². The number of carbonyl (C=O) groups excluding carboxylic acids is 2. The molecule has 2 aliphatic rings. The van der Waals surface area contributed by atoms with Crippen molar-refractivity contribution in [2.45, 2.75) is 24.9 Å². The molecule has 2 aliphatic heterocycles. The smallest absolute Gasteiger partial charge is 0.254 e. The van der Waals surface area contributed by atoms with Gasteiger partial charge in [0.05, 0.1) is 40.4 Å². The third kappa shape index (κ3) is 4.22. The van der Waals surface area contributed by atoms with Gasteiger partial charge in [-0.2, -0.15) is 0 Å². The first kappa shape index (κ1) is 24.5. The lowest BCUT2D eigenvalue weighted by Gasteiger charge is -2.45. The number of benzene rings is 3. The topological polar surface area (TPSA) is 86.3 Å². The molecule has 5 rings (SSSR count). The van der Waals surface area contributed by atoms with Crippen LogP contribution in [0.25, 0.3) is 0 Å². The summed E-state index contributed by atoms with van der Waals surface area (Å²) < 4.78 is 21.9. The van der Waals surface area contributed by atoms with E-state index in [4.69, 9.17) is 18.9 Å². The number of amides is 2. The summed E-state index contributed by atoms with van der Waals surface area (Å²) in [5.74, 6) is 1.28. The lowest BCUT2D eigenvalue weighted by Crippen LogP contribution is -2.50. The first-order valence-electron chi connectivity index (χ1n) is 12.1. The normalized spacial score (nSPS) is 17.7. The molecule has 192 valence electrons. The van der Waals surface area contributed by atoms with Gasteiger partial charge < -0.3 is 29.2 Å². The molecule has 0 fully saturated rings. The van der Waals surface area contributed by atoms with Crippen molar-refractivity contribution in [3.8, 4) is 23.0 Å². The van der Waals surface area contributed by atoms with Gasteiger partial charge in [0.15, 0.2) is 11.5 Å². The Morgan fingerprint density at radius 3 is 2.35 bits per heavy atom. The molecule has 1 N–H and O–H groups in total. The third-order valence-electron chi connectivity index (χ3n) is 7.25. The van der Waals surface area contributed by atoms with Crippen LogP contribution in [0.3, 0.4) is 0 Å². The van der Waals surface area contributed by atoms with Crippen LogP contribution in [0.5, 0.6) is 23.0 Å². The van der Waals surface area contributed by atoms with Crippen LogP contribution in [0.4, 0.5) is 0 Å². The fraction of sp³-hybridized carbons (Fsp3) is 0.310. The Hall–Kier alpha value is -4.20. The van der Waals surface area contributed by atoms with Gasteiger partial charge in [-0.3, -0.25) is 9.59 Å². The van der Waals surface area contributed by atoms with E-state index in [0.717, 1.165) is 23.1 Å². The maximum absolute atomic E-state index is 14.0. The Bertz CT molecular complexity index is 1350. The van der Waals surface area contributed by atoms with Gasteiger partial charge in [0.25, 0.3) is 5.91 Å². The van der Waals surface area contributed by atoms with Crippen molar-refractivity contribution in [1.82, 2.24) is 10.2 Å². The zero-order valence-corrected chi connectivity index (χ0v) is 21.4. The maximum Gasteiger partial charge on any atom is 0.254 e. The highest BCUT2D eigenvalue weighted by Gasteiger charge is 2.46. The Morgan fingerprint density at radius 1 is 0.892 bits per heavy atom. The van der Waals surface area contributed by atoms with E-state index < -0.39 is 12.0 Å². The summed E-state index contributed by atoms with van der Waals surface area (Å²) in [6.07, 6.45) is 0.733. The number of carbonyl (C=O) groups is 2. The fourth-order valence-electron chi connectivity index (χ4n) is 5.44. The molecule has 2 heterocycles. The van der Waals surface area contributed by atoms with E-state index in [0.29, 0.717) is 40.7 Å². The monoisotopic (exact) mass is 502 g/mol. The Kier molecular flexibility index (Phi) is 6.65. The predicted molar refractivity (Wildman–Crippen MR) is 138 cm³/mol. The minimum Gasteiger partial charge on any atom is -0.497 e. The minimum absolute atomic E-state index is 0.117. The van der Waals surface area contributed by atoms with Gasteiger partial charge in [-0.15, -0.1) is 0 Å².